The van der Waals surface area contributed by atoms with Gasteiger partial charge in [0.1, 0.15) is 11.0 Å². The average Bonchev–Trinajstić information content (AvgIpc) is 3.39. The van der Waals surface area contributed by atoms with Crippen LogP contribution in [-0.4, -0.2) is 8.75 Å². The molecule has 0 N–H and O–H groups in total. The minimum atomic E-state index is 1.04. The number of hydrogen-bond acceptors (Lipinski definition) is 5. The lowest BCUT2D eigenvalue weighted by Crippen LogP contribution is -1.95. The molecule has 25 heavy (non-hydrogen) atoms. The van der Waals surface area contributed by atoms with Crippen LogP contribution in [0.15, 0.2) is 41.1 Å². The molecule has 0 amide bonds. The SMILES string of the molecule is CCCCCCc1c(-c2cccs2)c(-c2cccs2)cc2nsnc12. The van der Waals surface area contributed by atoms with E-state index in [-0.39, 0.29) is 0 Å². The van der Waals surface area contributed by atoms with E-state index >= 15 is 0 Å². The van der Waals surface area contributed by atoms with Crippen LogP contribution in [0, 0.1) is 0 Å². The molecule has 5 heteroatoms. The summed E-state index contributed by atoms with van der Waals surface area (Å²) in [6.45, 7) is 2.26. The van der Waals surface area contributed by atoms with Gasteiger partial charge in [0.15, 0.2) is 0 Å². The van der Waals surface area contributed by atoms with Gasteiger partial charge in [-0.25, -0.2) is 0 Å². The van der Waals surface area contributed by atoms with Gasteiger partial charge in [0, 0.05) is 20.9 Å². The fourth-order valence-electron chi connectivity index (χ4n) is 3.29. The predicted molar refractivity (Wildman–Crippen MR) is 112 cm³/mol. The molecule has 3 heterocycles. The summed E-state index contributed by atoms with van der Waals surface area (Å²) in [6, 6.07) is 10.9. The third kappa shape index (κ3) is 3.41. The van der Waals surface area contributed by atoms with Gasteiger partial charge in [-0.3, -0.25) is 0 Å². The Bertz CT molecular complexity index is 937. The van der Waals surface area contributed by atoms with E-state index in [1.807, 2.05) is 11.3 Å². The topological polar surface area (TPSA) is 25.8 Å². The standard InChI is InChI=1S/C20H20N2S3/c1-2-3-4-5-8-14-19(18-10-7-12-24-18)15(17-9-6-11-23-17)13-16-20(14)22-25-21-16/h6-7,9-13H,2-5,8H2,1H3. The van der Waals surface area contributed by atoms with Gasteiger partial charge in [0.25, 0.3) is 0 Å². The number of unbranched alkanes of at least 4 members (excludes halogenated alkanes) is 3. The van der Waals surface area contributed by atoms with Crippen LogP contribution in [0.4, 0.5) is 0 Å². The number of aromatic nitrogens is 2. The van der Waals surface area contributed by atoms with Crippen molar-refractivity contribution in [3.05, 3.63) is 46.7 Å². The van der Waals surface area contributed by atoms with Crippen LogP contribution in [0.1, 0.15) is 38.2 Å². The third-order valence-electron chi connectivity index (χ3n) is 4.49. The summed E-state index contributed by atoms with van der Waals surface area (Å²) in [4.78, 5) is 2.65. The van der Waals surface area contributed by atoms with Gasteiger partial charge < -0.3 is 0 Å². The molecule has 128 valence electrons. The molecule has 0 unspecified atom stereocenters. The van der Waals surface area contributed by atoms with Crippen molar-refractivity contribution in [1.82, 2.24) is 8.75 Å². The number of aryl methyl sites for hydroxylation is 1. The Kier molecular flexibility index (Phi) is 5.25. The molecular formula is C20H20N2S3. The van der Waals surface area contributed by atoms with E-state index in [1.165, 1.54) is 63.9 Å². The first-order chi connectivity index (χ1) is 12.4. The number of fused-ring (bicyclic) bond motifs is 1. The van der Waals surface area contributed by atoms with Gasteiger partial charge in [0.05, 0.1) is 11.7 Å². The van der Waals surface area contributed by atoms with Crippen molar-refractivity contribution in [3.8, 4) is 20.9 Å². The van der Waals surface area contributed by atoms with Crippen LogP contribution in [0.2, 0.25) is 0 Å². The predicted octanol–water partition coefficient (Wildman–Crippen LogP) is 7.27. The highest BCUT2D eigenvalue weighted by molar-refractivity contribution is 7.14. The van der Waals surface area contributed by atoms with Crippen LogP contribution >= 0.6 is 34.4 Å². The number of nitrogens with zero attached hydrogens (tertiary/aromatic N) is 2. The molecule has 4 rings (SSSR count). The van der Waals surface area contributed by atoms with Gasteiger partial charge in [-0.1, -0.05) is 38.3 Å². The Labute approximate surface area is 160 Å². The second-order valence-electron chi connectivity index (χ2n) is 6.17. The van der Waals surface area contributed by atoms with Crippen molar-refractivity contribution in [2.45, 2.75) is 39.0 Å². The van der Waals surface area contributed by atoms with E-state index in [1.54, 1.807) is 11.3 Å². The number of hydrogen-bond donors (Lipinski definition) is 0. The van der Waals surface area contributed by atoms with Gasteiger partial charge in [0.2, 0.25) is 0 Å². The van der Waals surface area contributed by atoms with Crippen LogP contribution < -0.4 is 0 Å². The Morgan fingerprint density at radius 2 is 1.72 bits per heavy atom. The molecule has 2 nitrogen and oxygen atoms in total. The largest absolute Gasteiger partial charge is 0.173 e. The fourth-order valence-corrected chi connectivity index (χ4v) is 5.40. The van der Waals surface area contributed by atoms with E-state index in [9.17, 15) is 0 Å². The molecule has 0 bridgehead atoms. The highest BCUT2D eigenvalue weighted by Crippen LogP contribution is 2.42. The second-order valence-corrected chi connectivity index (χ2v) is 8.60. The van der Waals surface area contributed by atoms with Crippen LogP contribution in [-0.2, 0) is 6.42 Å². The smallest absolute Gasteiger partial charge is 0.108 e. The summed E-state index contributed by atoms with van der Waals surface area (Å²) in [6.07, 6.45) is 6.14. The minimum Gasteiger partial charge on any atom is -0.173 e. The van der Waals surface area contributed by atoms with Crippen molar-refractivity contribution < 1.29 is 0 Å². The van der Waals surface area contributed by atoms with Crippen LogP contribution in [0.5, 0.6) is 0 Å². The summed E-state index contributed by atoms with van der Waals surface area (Å²) in [7, 11) is 0. The zero-order valence-electron chi connectivity index (χ0n) is 14.2. The summed E-state index contributed by atoms with van der Waals surface area (Å²) in [5.74, 6) is 0. The molecule has 0 aliphatic heterocycles. The summed E-state index contributed by atoms with van der Waals surface area (Å²) >= 11 is 4.94. The van der Waals surface area contributed by atoms with E-state index in [0.29, 0.717) is 0 Å². The van der Waals surface area contributed by atoms with E-state index < -0.39 is 0 Å². The van der Waals surface area contributed by atoms with Gasteiger partial charge in [-0.2, -0.15) is 8.75 Å². The molecular weight excluding hydrogens is 364 g/mol. The molecule has 0 atom stereocenters. The van der Waals surface area contributed by atoms with Crippen molar-refractivity contribution in [1.29, 1.82) is 0 Å². The maximum Gasteiger partial charge on any atom is 0.108 e. The second kappa shape index (κ2) is 7.77. The van der Waals surface area contributed by atoms with E-state index in [2.05, 4.69) is 56.8 Å². The van der Waals surface area contributed by atoms with Gasteiger partial charge >= 0.3 is 0 Å². The first kappa shape index (κ1) is 16.9. The maximum absolute atomic E-state index is 4.65. The molecule has 0 spiro atoms. The maximum atomic E-state index is 4.65. The molecule has 0 saturated carbocycles. The molecule has 0 aliphatic rings. The summed E-state index contributed by atoms with van der Waals surface area (Å²) < 4.78 is 9.20. The van der Waals surface area contributed by atoms with Crippen molar-refractivity contribution in [2.24, 2.45) is 0 Å². The molecule has 0 saturated heterocycles. The van der Waals surface area contributed by atoms with Crippen molar-refractivity contribution in [2.75, 3.05) is 0 Å². The zero-order chi connectivity index (χ0) is 17.1. The molecule has 0 aliphatic carbocycles. The number of thiophene rings is 2. The lowest BCUT2D eigenvalue weighted by molar-refractivity contribution is 0.668. The van der Waals surface area contributed by atoms with E-state index in [0.717, 1.165) is 17.5 Å². The Hall–Kier alpha value is -1.56. The van der Waals surface area contributed by atoms with Crippen molar-refractivity contribution >= 4 is 45.4 Å². The summed E-state index contributed by atoms with van der Waals surface area (Å²) in [5.41, 5.74) is 6.20. The quantitative estimate of drug-likeness (QED) is 0.313. The van der Waals surface area contributed by atoms with Crippen LogP contribution in [0.25, 0.3) is 31.9 Å². The first-order valence-electron chi connectivity index (χ1n) is 8.74. The highest BCUT2D eigenvalue weighted by Gasteiger charge is 2.19. The van der Waals surface area contributed by atoms with Gasteiger partial charge in [-0.05, 0) is 47.4 Å². The zero-order valence-corrected chi connectivity index (χ0v) is 16.6. The minimum absolute atomic E-state index is 1.04. The third-order valence-corrected chi connectivity index (χ3v) is 6.82. The van der Waals surface area contributed by atoms with E-state index in [4.69, 9.17) is 0 Å². The lowest BCUT2D eigenvalue weighted by Gasteiger charge is -2.14. The molecule has 4 aromatic rings. The lowest BCUT2D eigenvalue weighted by atomic mass is 9.93. The Morgan fingerprint density at radius 3 is 2.44 bits per heavy atom. The molecule has 3 aromatic heterocycles. The average molecular weight is 385 g/mol. The Balaban J connectivity index is 1.89. The molecule has 0 fully saturated rings. The molecule has 0 radical (unpaired) electrons. The highest BCUT2D eigenvalue weighted by atomic mass is 32.1. The fraction of sp³-hybridized carbons (Fsp3) is 0.300. The summed E-state index contributed by atoms with van der Waals surface area (Å²) in [5, 5.41) is 4.32. The van der Waals surface area contributed by atoms with Gasteiger partial charge in [-0.15, -0.1) is 22.7 Å². The van der Waals surface area contributed by atoms with Crippen molar-refractivity contribution in [3.63, 3.8) is 0 Å². The Morgan fingerprint density at radius 1 is 0.920 bits per heavy atom. The monoisotopic (exact) mass is 384 g/mol. The normalized spacial score (nSPS) is 11.4. The first-order valence-corrected chi connectivity index (χ1v) is 11.2. The number of benzene rings is 1. The van der Waals surface area contributed by atoms with Crippen LogP contribution in [0.3, 0.4) is 0 Å². The molecule has 1 aromatic carbocycles. The number of rotatable bonds is 7.